The summed E-state index contributed by atoms with van der Waals surface area (Å²) in [5.41, 5.74) is 2.90. The number of unbranched alkanes of at least 4 members (excludes halogenated alkanes) is 1. The Morgan fingerprint density at radius 3 is 2.73 bits per heavy atom. The topological polar surface area (TPSA) is 85.6 Å². The maximum Gasteiger partial charge on any atom is 0.258 e. The molecule has 7 nitrogen and oxygen atoms in total. The lowest BCUT2D eigenvalue weighted by molar-refractivity contribution is 0.102. The molecule has 4 rings (SSSR count). The summed E-state index contributed by atoms with van der Waals surface area (Å²) >= 11 is 1.42. The molecule has 4 aromatic rings. The Morgan fingerprint density at radius 1 is 1.20 bits per heavy atom. The molecule has 8 heteroatoms. The van der Waals surface area contributed by atoms with Crippen molar-refractivity contribution >= 4 is 33.4 Å². The number of fused-ring (bicyclic) bond motifs is 1. The van der Waals surface area contributed by atoms with E-state index in [0.717, 1.165) is 40.9 Å². The van der Waals surface area contributed by atoms with Gasteiger partial charge in [-0.3, -0.25) is 10.1 Å². The maximum atomic E-state index is 13.2. The van der Waals surface area contributed by atoms with Gasteiger partial charge in [0, 0.05) is 18.0 Å². The van der Waals surface area contributed by atoms with Crippen LogP contribution in [0.2, 0.25) is 0 Å². The predicted octanol–water partition coefficient (Wildman–Crippen LogP) is 5.13. The monoisotopic (exact) mass is 420 g/mol. The van der Waals surface area contributed by atoms with Crippen molar-refractivity contribution in [3.05, 3.63) is 53.2 Å². The molecule has 1 amide bonds. The summed E-state index contributed by atoms with van der Waals surface area (Å²) in [6.07, 6.45) is 4.74. The number of carbonyl (C=O) groups is 1. The number of aromatic nitrogens is 5. The number of hydrogen-bond donors (Lipinski definition) is 1. The van der Waals surface area contributed by atoms with Crippen molar-refractivity contribution in [1.82, 2.24) is 25.0 Å². The summed E-state index contributed by atoms with van der Waals surface area (Å²) in [5, 5.41) is 17.8. The molecule has 0 aliphatic rings. The van der Waals surface area contributed by atoms with Gasteiger partial charge in [0.2, 0.25) is 5.13 Å². The minimum absolute atomic E-state index is 0.126. The quantitative estimate of drug-likeness (QED) is 0.448. The molecule has 0 unspecified atom stereocenters. The van der Waals surface area contributed by atoms with E-state index in [1.807, 2.05) is 54.9 Å². The molecule has 0 fully saturated rings. The van der Waals surface area contributed by atoms with Crippen LogP contribution in [0.4, 0.5) is 5.13 Å². The van der Waals surface area contributed by atoms with Gasteiger partial charge in [-0.2, -0.15) is 5.10 Å². The minimum Gasteiger partial charge on any atom is -0.296 e. The zero-order valence-corrected chi connectivity index (χ0v) is 18.1. The third-order valence-electron chi connectivity index (χ3n) is 4.80. The number of benzene rings is 1. The van der Waals surface area contributed by atoms with Crippen molar-refractivity contribution in [2.24, 2.45) is 0 Å². The summed E-state index contributed by atoms with van der Waals surface area (Å²) in [4.78, 5) is 18.0. The van der Waals surface area contributed by atoms with Crippen LogP contribution in [-0.2, 0) is 6.42 Å². The highest BCUT2D eigenvalue weighted by Crippen LogP contribution is 2.27. The van der Waals surface area contributed by atoms with E-state index in [1.165, 1.54) is 11.3 Å². The highest BCUT2D eigenvalue weighted by Gasteiger charge is 2.19. The first kappa shape index (κ1) is 20.2. The molecule has 154 valence electrons. The number of nitrogens with one attached hydrogen (secondary N) is 1. The van der Waals surface area contributed by atoms with E-state index in [0.29, 0.717) is 16.3 Å². The lowest BCUT2D eigenvalue weighted by atomic mass is 10.1. The third kappa shape index (κ3) is 4.09. The van der Waals surface area contributed by atoms with Crippen LogP contribution in [0, 0.1) is 0 Å². The average Bonchev–Trinajstić information content (AvgIpc) is 3.38. The largest absolute Gasteiger partial charge is 0.296 e. The molecule has 30 heavy (non-hydrogen) atoms. The number of rotatable bonds is 7. The Hall–Kier alpha value is -3.13. The predicted molar refractivity (Wildman–Crippen MR) is 120 cm³/mol. The van der Waals surface area contributed by atoms with Crippen LogP contribution in [-0.4, -0.2) is 30.9 Å². The Bertz CT molecular complexity index is 1170. The van der Waals surface area contributed by atoms with Gasteiger partial charge in [0.25, 0.3) is 5.91 Å². The van der Waals surface area contributed by atoms with Crippen molar-refractivity contribution in [1.29, 1.82) is 0 Å². The zero-order chi connectivity index (χ0) is 21.1. The molecule has 0 radical (unpaired) electrons. The van der Waals surface area contributed by atoms with E-state index in [-0.39, 0.29) is 11.9 Å². The highest BCUT2D eigenvalue weighted by atomic mass is 32.1. The standard InChI is InChI=1S/C22H24N6OS/c1-4-5-11-19-26-27-22(30-19)25-21(29)16-12-18(15-9-7-6-8-10-15)24-20-17(16)13-23-28(20)14(2)3/h6-10,12-14H,4-5,11H2,1-3H3,(H,25,27,29). The van der Waals surface area contributed by atoms with E-state index in [1.54, 1.807) is 6.20 Å². The lowest BCUT2D eigenvalue weighted by Crippen LogP contribution is -2.13. The van der Waals surface area contributed by atoms with E-state index in [2.05, 4.69) is 27.5 Å². The van der Waals surface area contributed by atoms with Crippen molar-refractivity contribution < 1.29 is 4.79 Å². The average molecular weight is 421 g/mol. The number of carbonyl (C=O) groups excluding carboxylic acids is 1. The fourth-order valence-corrected chi connectivity index (χ4v) is 4.01. The SMILES string of the molecule is CCCCc1nnc(NC(=O)c2cc(-c3ccccc3)nc3c2cnn3C(C)C)s1. The van der Waals surface area contributed by atoms with E-state index >= 15 is 0 Å². The molecule has 0 saturated heterocycles. The van der Waals surface area contributed by atoms with Crippen molar-refractivity contribution in [3.8, 4) is 11.3 Å². The Morgan fingerprint density at radius 2 is 2.00 bits per heavy atom. The van der Waals surface area contributed by atoms with Crippen molar-refractivity contribution in [2.45, 2.75) is 46.1 Å². The number of nitrogens with zero attached hydrogens (tertiary/aromatic N) is 5. The molecule has 0 atom stereocenters. The first-order valence-electron chi connectivity index (χ1n) is 10.1. The van der Waals surface area contributed by atoms with E-state index < -0.39 is 0 Å². The summed E-state index contributed by atoms with van der Waals surface area (Å²) in [5.74, 6) is -0.235. The number of pyridine rings is 1. The van der Waals surface area contributed by atoms with E-state index in [9.17, 15) is 4.79 Å². The smallest absolute Gasteiger partial charge is 0.258 e. The Kier molecular flexibility index (Phi) is 5.85. The molecule has 1 N–H and O–H groups in total. The molecule has 0 spiro atoms. The van der Waals surface area contributed by atoms with Gasteiger partial charge in [0.05, 0.1) is 22.8 Å². The molecular formula is C22H24N6OS. The van der Waals surface area contributed by atoms with Gasteiger partial charge < -0.3 is 0 Å². The summed E-state index contributed by atoms with van der Waals surface area (Å²) in [6.45, 7) is 6.23. The first-order chi connectivity index (χ1) is 14.6. The second-order valence-corrected chi connectivity index (χ2v) is 8.46. The summed E-state index contributed by atoms with van der Waals surface area (Å²) in [7, 11) is 0. The van der Waals surface area contributed by atoms with Crippen molar-refractivity contribution in [2.75, 3.05) is 5.32 Å². The fourth-order valence-electron chi connectivity index (χ4n) is 3.24. The van der Waals surface area contributed by atoms with Crippen LogP contribution in [0.1, 0.15) is 55.0 Å². The van der Waals surface area contributed by atoms with Gasteiger partial charge in [0.15, 0.2) is 5.65 Å². The Balaban J connectivity index is 1.73. The normalized spacial score (nSPS) is 11.3. The van der Waals surface area contributed by atoms with Gasteiger partial charge in [-0.1, -0.05) is 55.0 Å². The van der Waals surface area contributed by atoms with Crippen LogP contribution >= 0.6 is 11.3 Å². The number of aryl methyl sites for hydroxylation is 1. The molecule has 1 aromatic carbocycles. The molecule has 0 bridgehead atoms. The summed E-state index contributed by atoms with van der Waals surface area (Å²) < 4.78 is 1.84. The zero-order valence-electron chi connectivity index (χ0n) is 17.3. The minimum atomic E-state index is -0.235. The Labute approximate surface area is 179 Å². The van der Waals surface area contributed by atoms with Crippen LogP contribution in [0.25, 0.3) is 22.3 Å². The fraction of sp³-hybridized carbons (Fsp3) is 0.318. The van der Waals surface area contributed by atoms with Crippen molar-refractivity contribution in [3.63, 3.8) is 0 Å². The van der Waals surface area contributed by atoms with Gasteiger partial charge in [-0.05, 0) is 26.3 Å². The van der Waals surface area contributed by atoms with Crippen LogP contribution in [0.5, 0.6) is 0 Å². The number of anilines is 1. The van der Waals surface area contributed by atoms with Gasteiger partial charge >= 0.3 is 0 Å². The maximum absolute atomic E-state index is 13.2. The van der Waals surface area contributed by atoms with Gasteiger partial charge in [0.1, 0.15) is 5.01 Å². The third-order valence-corrected chi connectivity index (χ3v) is 5.70. The van der Waals surface area contributed by atoms with E-state index in [4.69, 9.17) is 4.98 Å². The van der Waals surface area contributed by atoms with Crippen LogP contribution < -0.4 is 5.32 Å². The van der Waals surface area contributed by atoms with Crippen LogP contribution in [0.15, 0.2) is 42.6 Å². The van der Waals surface area contributed by atoms with Crippen LogP contribution in [0.3, 0.4) is 0 Å². The lowest BCUT2D eigenvalue weighted by Gasteiger charge is -2.10. The molecule has 0 aliphatic carbocycles. The molecule has 3 aromatic heterocycles. The molecular weight excluding hydrogens is 396 g/mol. The number of amides is 1. The summed E-state index contributed by atoms with van der Waals surface area (Å²) in [6, 6.07) is 11.8. The molecule has 0 saturated carbocycles. The number of hydrogen-bond acceptors (Lipinski definition) is 6. The van der Waals surface area contributed by atoms with Gasteiger partial charge in [-0.25, -0.2) is 9.67 Å². The second kappa shape index (κ2) is 8.71. The molecule has 3 heterocycles. The molecule has 0 aliphatic heterocycles. The highest BCUT2D eigenvalue weighted by molar-refractivity contribution is 7.15. The first-order valence-corrected chi connectivity index (χ1v) is 11.0. The second-order valence-electron chi connectivity index (χ2n) is 7.40. The van der Waals surface area contributed by atoms with Gasteiger partial charge in [-0.15, -0.1) is 10.2 Å².